The molecule has 1 aliphatic rings. The van der Waals surface area contributed by atoms with Gasteiger partial charge in [-0.1, -0.05) is 0 Å². The molecule has 0 bridgehead atoms. The van der Waals surface area contributed by atoms with Gasteiger partial charge in [-0.05, 0) is 18.6 Å². The van der Waals surface area contributed by atoms with Crippen molar-refractivity contribution in [2.75, 3.05) is 13.1 Å². The van der Waals surface area contributed by atoms with E-state index in [1.54, 1.807) is 24.5 Å². The Morgan fingerprint density at radius 2 is 1.97 bits per heavy atom. The predicted molar refractivity (Wildman–Crippen MR) is 94.9 cm³/mol. The third kappa shape index (κ3) is 3.89. The van der Waals surface area contributed by atoms with Crippen LogP contribution in [-0.4, -0.2) is 49.0 Å². The molecule has 11 heteroatoms. The van der Waals surface area contributed by atoms with E-state index in [9.17, 15) is 22.8 Å². The number of aromatic amines is 2. The number of hydrogen-bond donors (Lipinski definition) is 2. The van der Waals surface area contributed by atoms with Gasteiger partial charge in [0.15, 0.2) is 5.69 Å². The molecule has 8 nitrogen and oxygen atoms in total. The van der Waals surface area contributed by atoms with Crippen LogP contribution in [0.5, 0.6) is 0 Å². The van der Waals surface area contributed by atoms with Crippen LogP contribution in [0.3, 0.4) is 0 Å². The molecule has 1 unspecified atom stereocenters. The zero-order valence-corrected chi connectivity index (χ0v) is 14.9. The molecule has 0 radical (unpaired) electrons. The summed E-state index contributed by atoms with van der Waals surface area (Å²) < 4.78 is 38.1. The predicted octanol–water partition coefficient (Wildman–Crippen LogP) is 2.20. The van der Waals surface area contributed by atoms with Crippen LogP contribution in [0.2, 0.25) is 0 Å². The first-order valence-corrected chi connectivity index (χ1v) is 8.75. The summed E-state index contributed by atoms with van der Waals surface area (Å²) >= 11 is 0. The Labute approximate surface area is 161 Å². The average molecular weight is 404 g/mol. The summed E-state index contributed by atoms with van der Waals surface area (Å²) in [5.74, 6) is -0.418. The molecule has 1 amide bonds. The Hall–Kier alpha value is -3.50. The minimum absolute atomic E-state index is 0.218. The van der Waals surface area contributed by atoms with E-state index in [2.05, 4.69) is 20.1 Å². The van der Waals surface area contributed by atoms with Crippen molar-refractivity contribution in [3.05, 3.63) is 64.2 Å². The Kier molecular flexibility index (Phi) is 4.65. The molecule has 0 saturated carbocycles. The second kappa shape index (κ2) is 7.15. The van der Waals surface area contributed by atoms with Gasteiger partial charge in [0, 0.05) is 49.1 Å². The lowest BCUT2D eigenvalue weighted by atomic mass is 10.1. The van der Waals surface area contributed by atoms with Crippen LogP contribution in [0.4, 0.5) is 13.2 Å². The van der Waals surface area contributed by atoms with Gasteiger partial charge in [-0.15, -0.1) is 0 Å². The number of carbonyl (C=O) groups excluding carboxylic acids is 1. The second-order valence-corrected chi connectivity index (χ2v) is 6.65. The topological polar surface area (TPSA) is 108 Å². The molecule has 0 spiro atoms. The Balaban J connectivity index is 1.53. The van der Waals surface area contributed by atoms with E-state index >= 15 is 0 Å². The van der Waals surface area contributed by atoms with Crippen LogP contribution in [-0.2, 0) is 6.18 Å². The molecular formula is C18H15F3N6O2. The molecule has 2 N–H and O–H groups in total. The van der Waals surface area contributed by atoms with Crippen molar-refractivity contribution in [3.63, 3.8) is 0 Å². The Morgan fingerprint density at radius 3 is 2.66 bits per heavy atom. The lowest BCUT2D eigenvalue weighted by Gasteiger charge is -2.15. The van der Waals surface area contributed by atoms with Crippen LogP contribution in [0.25, 0.3) is 11.3 Å². The molecule has 4 heterocycles. The van der Waals surface area contributed by atoms with Crippen molar-refractivity contribution in [2.24, 2.45) is 0 Å². The highest BCUT2D eigenvalue weighted by molar-refractivity contribution is 5.92. The van der Waals surface area contributed by atoms with Gasteiger partial charge >= 0.3 is 6.18 Å². The minimum atomic E-state index is -4.60. The largest absolute Gasteiger partial charge is 0.432 e. The molecule has 1 aliphatic heterocycles. The van der Waals surface area contributed by atoms with Crippen LogP contribution in [0.15, 0.2) is 41.5 Å². The smallest absolute Gasteiger partial charge is 0.336 e. The number of nitrogens with one attached hydrogen (secondary N) is 2. The maximum absolute atomic E-state index is 12.7. The van der Waals surface area contributed by atoms with Crippen molar-refractivity contribution in [1.29, 1.82) is 0 Å². The lowest BCUT2D eigenvalue weighted by Crippen LogP contribution is -2.29. The summed E-state index contributed by atoms with van der Waals surface area (Å²) in [5.41, 5.74) is -0.487. The fraction of sp³-hybridized carbons (Fsp3) is 0.278. The summed E-state index contributed by atoms with van der Waals surface area (Å²) in [6.07, 6.45) is -0.902. The molecule has 1 atom stereocenters. The highest BCUT2D eigenvalue weighted by Crippen LogP contribution is 2.29. The number of halogens is 3. The summed E-state index contributed by atoms with van der Waals surface area (Å²) in [5, 5.41) is 5.32. The van der Waals surface area contributed by atoms with E-state index in [1.807, 2.05) is 5.10 Å². The number of H-pyrrole nitrogens is 2. The first kappa shape index (κ1) is 18.8. The number of hydrogen-bond acceptors (Lipinski definition) is 5. The standard InChI is InChI=1S/C18H15F3N6O2/c19-18(20,21)14-7-13(25-26-14)17(29)27-6-3-11(9-27)16-23-12(8-15(28)24-16)10-1-4-22-5-2-10/h1-2,4-5,7-8,11H,3,6,9H2,(H,25,26)(H,23,24,28). The van der Waals surface area contributed by atoms with Gasteiger partial charge in [-0.25, -0.2) is 4.98 Å². The lowest BCUT2D eigenvalue weighted by molar-refractivity contribution is -0.141. The number of alkyl halides is 3. The van der Waals surface area contributed by atoms with Gasteiger partial charge in [0.25, 0.3) is 11.5 Å². The molecule has 150 valence electrons. The van der Waals surface area contributed by atoms with Gasteiger partial charge in [0.05, 0.1) is 5.69 Å². The first-order chi connectivity index (χ1) is 13.8. The van der Waals surface area contributed by atoms with Crippen molar-refractivity contribution >= 4 is 5.91 Å². The molecule has 0 aromatic carbocycles. The molecule has 0 aliphatic carbocycles. The van der Waals surface area contributed by atoms with E-state index in [0.717, 1.165) is 5.56 Å². The fourth-order valence-electron chi connectivity index (χ4n) is 3.25. The Bertz CT molecular complexity index is 1090. The number of rotatable bonds is 3. The number of pyridine rings is 1. The van der Waals surface area contributed by atoms with E-state index in [1.165, 1.54) is 11.0 Å². The SMILES string of the molecule is O=C(c1cc(C(F)(F)F)[nH]n1)N1CCC(c2nc(-c3ccncc3)cc(=O)[nH]2)C1. The van der Waals surface area contributed by atoms with Crippen molar-refractivity contribution in [3.8, 4) is 11.3 Å². The maximum Gasteiger partial charge on any atom is 0.432 e. The van der Waals surface area contributed by atoms with Gasteiger partial charge in [0.2, 0.25) is 0 Å². The third-order valence-electron chi connectivity index (χ3n) is 4.70. The van der Waals surface area contributed by atoms with Crippen molar-refractivity contribution in [1.82, 2.24) is 30.0 Å². The normalized spacial score (nSPS) is 16.9. The maximum atomic E-state index is 12.7. The van der Waals surface area contributed by atoms with Gasteiger partial charge in [0.1, 0.15) is 11.5 Å². The highest BCUT2D eigenvalue weighted by atomic mass is 19.4. The van der Waals surface area contributed by atoms with E-state index in [4.69, 9.17) is 0 Å². The second-order valence-electron chi connectivity index (χ2n) is 6.65. The van der Waals surface area contributed by atoms with Crippen molar-refractivity contribution < 1.29 is 18.0 Å². The third-order valence-corrected chi connectivity index (χ3v) is 4.70. The zero-order valence-electron chi connectivity index (χ0n) is 14.9. The monoisotopic (exact) mass is 404 g/mol. The summed E-state index contributed by atoms with van der Waals surface area (Å²) in [7, 11) is 0. The summed E-state index contributed by atoms with van der Waals surface area (Å²) in [4.78, 5) is 37.1. The molecule has 3 aromatic heterocycles. The number of likely N-dealkylation sites (tertiary alicyclic amines) is 1. The molecule has 1 saturated heterocycles. The molecule has 4 rings (SSSR count). The van der Waals surface area contributed by atoms with E-state index < -0.39 is 17.8 Å². The van der Waals surface area contributed by atoms with Crippen LogP contribution in [0, 0.1) is 0 Å². The zero-order chi connectivity index (χ0) is 20.6. The number of amides is 1. The number of carbonyl (C=O) groups is 1. The van der Waals surface area contributed by atoms with Gasteiger partial charge < -0.3 is 9.88 Å². The number of nitrogens with zero attached hydrogens (tertiary/aromatic N) is 4. The molecular weight excluding hydrogens is 389 g/mol. The van der Waals surface area contributed by atoms with Gasteiger partial charge in [-0.2, -0.15) is 18.3 Å². The highest BCUT2D eigenvalue weighted by Gasteiger charge is 2.36. The average Bonchev–Trinajstić information content (AvgIpc) is 3.37. The Morgan fingerprint density at radius 1 is 1.21 bits per heavy atom. The fourth-order valence-corrected chi connectivity index (χ4v) is 3.25. The quantitative estimate of drug-likeness (QED) is 0.696. The first-order valence-electron chi connectivity index (χ1n) is 8.75. The molecule has 29 heavy (non-hydrogen) atoms. The van der Waals surface area contributed by atoms with Crippen LogP contribution >= 0.6 is 0 Å². The molecule has 1 fully saturated rings. The number of aromatic nitrogens is 5. The molecule has 3 aromatic rings. The van der Waals surface area contributed by atoms with Crippen LogP contribution < -0.4 is 5.56 Å². The minimum Gasteiger partial charge on any atom is -0.336 e. The van der Waals surface area contributed by atoms with Crippen LogP contribution in [0.1, 0.15) is 34.3 Å². The summed E-state index contributed by atoms with van der Waals surface area (Å²) in [6, 6.07) is 5.52. The van der Waals surface area contributed by atoms with Crippen molar-refractivity contribution in [2.45, 2.75) is 18.5 Å². The van der Waals surface area contributed by atoms with E-state index in [-0.39, 0.29) is 23.7 Å². The van der Waals surface area contributed by atoms with E-state index in [0.29, 0.717) is 30.6 Å². The van der Waals surface area contributed by atoms with Gasteiger partial charge in [-0.3, -0.25) is 19.7 Å². The summed E-state index contributed by atoms with van der Waals surface area (Å²) in [6.45, 7) is 0.538.